The first kappa shape index (κ1) is 13.1. The molecular weight excluding hydrogens is 254 g/mol. The van der Waals surface area contributed by atoms with Gasteiger partial charge in [0.25, 0.3) is 0 Å². The summed E-state index contributed by atoms with van der Waals surface area (Å²) in [6, 6.07) is 10.8. The van der Waals surface area contributed by atoms with Crippen molar-refractivity contribution in [3.05, 3.63) is 35.9 Å². The molecule has 2 aliphatic rings. The van der Waals surface area contributed by atoms with Gasteiger partial charge in [0.2, 0.25) is 0 Å². The Kier molecular flexibility index (Phi) is 3.14. The minimum Gasteiger partial charge on any atom is -0.346 e. The van der Waals surface area contributed by atoms with Crippen LogP contribution >= 0.6 is 12.2 Å². The lowest BCUT2D eigenvalue weighted by Gasteiger charge is -2.44. The molecule has 0 aliphatic carbocycles. The van der Waals surface area contributed by atoms with Crippen molar-refractivity contribution in [1.29, 1.82) is 0 Å². The lowest BCUT2D eigenvalue weighted by Crippen LogP contribution is -2.53. The molecule has 1 aromatic carbocycles. The molecule has 2 fully saturated rings. The number of piperidine rings is 1. The molecule has 0 N–H and O–H groups in total. The minimum absolute atomic E-state index is 0.120. The Morgan fingerprint density at radius 3 is 2.63 bits per heavy atom. The molecule has 4 atom stereocenters. The van der Waals surface area contributed by atoms with Crippen LogP contribution in [0.25, 0.3) is 0 Å². The van der Waals surface area contributed by atoms with Crippen LogP contribution in [0.4, 0.5) is 0 Å². The van der Waals surface area contributed by atoms with Gasteiger partial charge in [-0.1, -0.05) is 49.5 Å². The zero-order valence-electron chi connectivity index (χ0n) is 11.8. The molecule has 2 aliphatic heterocycles. The highest BCUT2D eigenvalue weighted by molar-refractivity contribution is 7.80. The van der Waals surface area contributed by atoms with Crippen LogP contribution in [0.1, 0.15) is 45.3 Å². The predicted octanol–water partition coefficient (Wildman–Crippen LogP) is 3.92. The van der Waals surface area contributed by atoms with E-state index in [-0.39, 0.29) is 11.8 Å². The summed E-state index contributed by atoms with van der Waals surface area (Å²) in [5, 5.41) is 0. The van der Waals surface area contributed by atoms with Crippen LogP contribution in [0, 0.1) is 5.92 Å². The van der Waals surface area contributed by atoms with Gasteiger partial charge in [0.1, 0.15) is 11.8 Å². The molecule has 0 radical (unpaired) electrons. The Bertz CT molecular complexity index is 489. The minimum atomic E-state index is -0.219. The molecule has 2 nitrogen and oxygen atoms in total. The van der Waals surface area contributed by atoms with E-state index in [1.807, 2.05) is 6.07 Å². The second kappa shape index (κ2) is 4.57. The third-order valence-electron chi connectivity index (χ3n) is 4.56. The Balaban J connectivity index is 1.95. The summed E-state index contributed by atoms with van der Waals surface area (Å²) in [7, 11) is 0. The van der Waals surface area contributed by atoms with Crippen LogP contribution < -0.4 is 0 Å². The first-order valence-corrected chi connectivity index (χ1v) is 7.50. The molecule has 0 bridgehead atoms. The largest absolute Gasteiger partial charge is 0.346 e. The number of benzene rings is 1. The Labute approximate surface area is 120 Å². The smallest absolute Gasteiger partial charge is 0.139 e. The monoisotopic (exact) mass is 275 g/mol. The lowest BCUT2D eigenvalue weighted by molar-refractivity contribution is -0.0852. The van der Waals surface area contributed by atoms with Gasteiger partial charge >= 0.3 is 0 Å². The van der Waals surface area contributed by atoms with Crippen LogP contribution in [0.2, 0.25) is 0 Å². The predicted molar refractivity (Wildman–Crippen MR) is 81.0 cm³/mol. The fourth-order valence-electron chi connectivity index (χ4n) is 3.44. The van der Waals surface area contributed by atoms with Gasteiger partial charge in [-0.05, 0) is 32.3 Å². The molecule has 0 aromatic heterocycles. The molecule has 3 heteroatoms. The molecule has 1 unspecified atom stereocenters. The normalized spacial score (nSPS) is 38.4. The van der Waals surface area contributed by atoms with E-state index < -0.39 is 0 Å². The highest BCUT2D eigenvalue weighted by atomic mass is 32.1. The van der Waals surface area contributed by atoms with Crippen molar-refractivity contribution in [1.82, 2.24) is 4.90 Å². The van der Waals surface area contributed by atoms with Gasteiger partial charge < -0.3 is 9.64 Å². The molecule has 0 amide bonds. The van der Waals surface area contributed by atoms with E-state index in [2.05, 4.69) is 49.9 Å². The van der Waals surface area contributed by atoms with Crippen LogP contribution in [-0.4, -0.2) is 21.7 Å². The van der Waals surface area contributed by atoms with Gasteiger partial charge in [-0.25, -0.2) is 0 Å². The topological polar surface area (TPSA) is 12.5 Å². The average molecular weight is 275 g/mol. The Morgan fingerprint density at radius 1 is 1.26 bits per heavy atom. The number of fused-ring (bicyclic) bond motifs is 1. The molecule has 2 saturated heterocycles. The summed E-state index contributed by atoms with van der Waals surface area (Å²) in [5.74, 6) is 0.489. The molecule has 19 heavy (non-hydrogen) atoms. The SMILES string of the molecule is CC1CC[C@@]2(C)O[C@H](c3ccccc3)[C@H](C)N2C1=S. The first-order valence-electron chi connectivity index (χ1n) is 7.09. The third-order valence-corrected chi connectivity index (χ3v) is 5.16. The molecule has 0 saturated carbocycles. The molecule has 3 rings (SSSR count). The number of hydrogen-bond donors (Lipinski definition) is 0. The van der Waals surface area contributed by atoms with Crippen molar-refractivity contribution in [2.24, 2.45) is 5.92 Å². The van der Waals surface area contributed by atoms with Crippen LogP contribution in [-0.2, 0) is 4.74 Å². The van der Waals surface area contributed by atoms with Crippen molar-refractivity contribution in [2.75, 3.05) is 0 Å². The summed E-state index contributed by atoms with van der Waals surface area (Å²) in [4.78, 5) is 3.41. The molecule has 1 aromatic rings. The maximum atomic E-state index is 6.41. The number of ether oxygens (including phenoxy) is 1. The van der Waals surface area contributed by atoms with Crippen molar-refractivity contribution < 1.29 is 4.74 Å². The van der Waals surface area contributed by atoms with E-state index in [0.29, 0.717) is 12.0 Å². The summed E-state index contributed by atoms with van der Waals surface area (Å²) >= 11 is 5.66. The van der Waals surface area contributed by atoms with E-state index in [0.717, 1.165) is 17.8 Å². The van der Waals surface area contributed by atoms with E-state index in [4.69, 9.17) is 17.0 Å². The number of thiocarbonyl (C=S) groups is 1. The second-order valence-corrected chi connectivity index (χ2v) is 6.43. The Morgan fingerprint density at radius 2 is 1.95 bits per heavy atom. The van der Waals surface area contributed by atoms with E-state index >= 15 is 0 Å². The highest BCUT2D eigenvalue weighted by Gasteiger charge is 2.52. The summed E-state index contributed by atoms with van der Waals surface area (Å²) in [5.41, 5.74) is 1.03. The molecule has 2 heterocycles. The van der Waals surface area contributed by atoms with Crippen molar-refractivity contribution in [3.8, 4) is 0 Å². The number of rotatable bonds is 1. The van der Waals surface area contributed by atoms with E-state index in [1.54, 1.807) is 0 Å². The van der Waals surface area contributed by atoms with Gasteiger partial charge in [0.15, 0.2) is 0 Å². The van der Waals surface area contributed by atoms with Crippen molar-refractivity contribution in [2.45, 2.75) is 51.5 Å². The number of nitrogens with zero attached hydrogens (tertiary/aromatic N) is 1. The zero-order chi connectivity index (χ0) is 13.6. The van der Waals surface area contributed by atoms with Gasteiger partial charge in [-0.2, -0.15) is 0 Å². The number of hydrogen-bond acceptors (Lipinski definition) is 2. The van der Waals surface area contributed by atoms with Crippen molar-refractivity contribution >= 4 is 17.2 Å². The van der Waals surface area contributed by atoms with Gasteiger partial charge in [0, 0.05) is 5.92 Å². The van der Waals surface area contributed by atoms with Gasteiger partial charge in [-0.3, -0.25) is 0 Å². The second-order valence-electron chi connectivity index (χ2n) is 6.01. The van der Waals surface area contributed by atoms with E-state index in [9.17, 15) is 0 Å². The maximum Gasteiger partial charge on any atom is 0.139 e. The summed E-state index contributed by atoms with van der Waals surface area (Å²) < 4.78 is 6.41. The quantitative estimate of drug-likeness (QED) is 0.721. The summed E-state index contributed by atoms with van der Waals surface area (Å²) in [6.45, 7) is 6.64. The molecular formula is C16H21NOS. The van der Waals surface area contributed by atoms with Crippen molar-refractivity contribution in [3.63, 3.8) is 0 Å². The average Bonchev–Trinajstić information content (AvgIpc) is 2.69. The lowest BCUT2D eigenvalue weighted by atomic mass is 9.91. The van der Waals surface area contributed by atoms with Gasteiger partial charge in [0.05, 0.1) is 11.0 Å². The molecule has 0 spiro atoms. The zero-order valence-corrected chi connectivity index (χ0v) is 12.6. The fraction of sp³-hybridized carbons (Fsp3) is 0.562. The first-order chi connectivity index (χ1) is 9.03. The van der Waals surface area contributed by atoms with E-state index in [1.165, 1.54) is 5.56 Å². The maximum absolute atomic E-state index is 6.41. The standard InChI is InChI=1S/C16H21NOS/c1-11-9-10-16(3)17(15(11)19)12(2)14(18-16)13-7-5-4-6-8-13/h4-8,11-12,14H,9-10H2,1-3H3/t11?,12-,14-,16+/m0/s1. The fourth-order valence-corrected chi connectivity index (χ4v) is 3.92. The highest BCUT2D eigenvalue weighted by Crippen LogP contribution is 2.47. The van der Waals surface area contributed by atoms with Crippen LogP contribution in [0.15, 0.2) is 30.3 Å². The molecule has 102 valence electrons. The Hall–Kier alpha value is -0.930. The summed E-state index contributed by atoms with van der Waals surface area (Å²) in [6.07, 6.45) is 2.30. The van der Waals surface area contributed by atoms with Crippen LogP contribution in [0.3, 0.4) is 0 Å². The van der Waals surface area contributed by atoms with Gasteiger partial charge in [-0.15, -0.1) is 0 Å². The third kappa shape index (κ3) is 2.00. The van der Waals surface area contributed by atoms with Crippen LogP contribution in [0.5, 0.6) is 0 Å².